The molecule has 1 saturated carbocycles. The van der Waals surface area contributed by atoms with E-state index < -0.39 is 17.7 Å². The molecule has 1 heterocycles. The number of benzene rings is 2. The van der Waals surface area contributed by atoms with Crippen molar-refractivity contribution in [3.05, 3.63) is 66.1 Å². The Labute approximate surface area is 227 Å². The van der Waals surface area contributed by atoms with Crippen LogP contribution >= 0.6 is 11.8 Å². The number of nitrogens with zero attached hydrogens (tertiary/aromatic N) is 2. The zero-order valence-corrected chi connectivity index (χ0v) is 22.8. The Morgan fingerprint density at radius 1 is 0.974 bits per heavy atom. The van der Waals surface area contributed by atoms with Crippen molar-refractivity contribution in [2.75, 3.05) is 6.26 Å². The minimum atomic E-state index is -0.776. The van der Waals surface area contributed by atoms with Crippen LogP contribution in [-0.4, -0.2) is 46.1 Å². The first-order valence-corrected chi connectivity index (χ1v) is 14.3. The van der Waals surface area contributed by atoms with Crippen molar-refractivity contribution in [2.45, 2.75) is 63.3 Å². The van der Waals surface area contributed by atoms with Gasteiger partial charge in [0.1, 0.15) is 0 Å². The summed E-state index contributed by atoms with van der Waals surface area (Å²) in [6.07, 6.45) is 5.39. The summed E-state index contributed by atoms with van der Waals surface area (Å²) >= 11 is 1.25. The molecule has 4 rings (SSSR count). The van der Waals surface area contributed by atoms with E-state index in [0.717, 1.165) is 24.0 Å². The molecular weight excluding hydrogens is 500 g/mol. The molecule has 2 aromatic carbocycles. The van der Waals surface area contributed by atoms with Gasteiger partial charge >= 0.3 is 0 Å². The van der Waals surface area contributed by atoms with Gasteiger partial charge in [0.05, 0.1) is 12.0 Å². The maximum atomic E-state index is 13.4. The number of amides is 2. The second kappa shape index (κ2) is 12.9. The lowest BCUT2D eigenvalue weighted by Crippen LogP contribution is -2.52. The van der Waals surface area contributed by atoms with E-state index in [1.807, 2.05) is 56.3 Å². The Hall–Kier alpha value is -3.46. The standard InChI is InChI=1S/C29H34N4O4S/c1-18(2)17-24(25(34)28-32-33-29(37-28)38-3)31-27(36)22-11-7-8-12-23(22)30-26(35)21-15-13-20(14-16-21)19-9-5-4-6-10-19/h4-6,9-10,13-16,18,22-24H,7-8,11-12,17H2,1-3H3,(H,30,35)(H,31,36)/t22-,23+,24+/m1/s1. The summed E-state index contributed by atoms with van der Waals surface area (Å²) in [5, 5.41) is 14.0. The fourth-order valence-corrected chi connectivity index (χ4v) is 5.12. The van der Waals surface area contributed by atoms with Gasteiger partial charge in [0, 0.05) is 11.6 Å². The first-order valence-electron chi connectivity index (χ1n) is 13.0. The Bertz CT molecular complexity index is 1240. The van der Waals surface area contributed by atoms with Crippen molar-refractivity contribution in [2.24, 2.45) is 11.8 Å². The second-order valence-corrected chi connectivity index (χ2v) is 10.8. The number of thioether (sulfide) groups is 1. The Morgan fingerprint density at radius 3 is 2.32 bits per heavy atom. The van der Waals surface area contributed by atoms with Gasteiger partial charge in [0.2, 0.25) is 11.7 Å². The molecule has 0 aliphatic heterocycles. The zero-order chi connectivity index (χ0) is 27.1. The molecule has 38 heavy (non-hydrogen) atoms. The predicted molar refractivity (Wildman–Crippen MR) is 147 cm³/mol. The number of rotatable bonds is 10. The Morgan fingerprint density at radius 2 is 1.66 bits per heavy atom. The van der Waals surface area contributed by atoms with E-state index in [-0.39, 0.29) is 29.7 Å². The molecule has 0 unspecified atom stereocenters. The summed E-state index contributed by atoms with van der Waals surface area (Å²) in [6, 6.07) is 16.4. The molecule has 1 fully saturated rings. The van der Waals surface area contributed by atoms with Crippen LogP contribution < -0.4 is 10.6 Å². The van der Waals surface area contributed by atoms with Gasteiger partial charge in [-0.1, -0.05) is 80.9 Å². The highest BCUT2D eigenvalue weighted by atomic mass is 32.2. The highest BCUT2D eigenvalue weighted by Gasteiger charge is 2.35. The molecule has 200 valence electrons. The molecule has 2 N–H and O–H groups in total. The second-order valence-electron chi connectivity index (χ2n) is 10.0. The highest BCUT2D eigenvalue weighted by Crippen LogP contribution is 2.26. The molecule has 0 radical (unpaired) electrons. The smallest absolute Gasteiger partial charge is 0.286 e. The molecule has 1 aliphatic rings. The molecular formula is C29H34N4O4S. The van der Waals surface area contributed by atoms with E-state index in [4.69, 9.17) is 4.42 Å². The van der Waals surface area contributed by atoms with E-state index in [2.05, 4.69) is 20.8 Å². The quantitative estimate of drug-likeness (QED) is 0.273. The van der Waals surface area contributed by atoms with Gasteiger partial charge in [0.15, 0.2) is 0 Å². The molecule has 0 spiro atoms. The number of aromatic nitrogens is 2. The number of hydrogen-bond donors (Lipinski definition) is 2. The summed E-state index contributed by atoms with van der Waals surface area (Å²) in [5.41, 5.74) is 2.66. The van der Waals surface area contributed by atoms with Crippen molar-refractivity contribution in [3.63, 3.8) is 0 Å². The fraction of sp³-hybridized carbons (Fsp3) is 0.414. The van der Waals surface area contributed by atoms with Crippen molar-refractivity contribution in [1.82, 2.24) is 20.8 Å². The summed E-state index contributed by atoms with van der Waals surface area (Å²) in [6.45, 7) is 3.97. The maximum absolute atomic E-state index is 13.4. The molecule has 9 heteroatoms. The van der Waals surface area contributed by atoms with Crippen LogP contribution in [0.3, 0.4) is 0 Å². The highest BCUT2D eigenvalue weighted by molar-refractivity contribution is 7.98. The number of hydrogen-bond acceptors (Lipinski definition) is 7. The number of ketones is 1. The molecule has 0 bridgehead atoms. The third kappa shape index (κ3) is 6.89. The maximum Gasteiger partial charge on any atom is 0.286 e. The average molecular weight is 535 g/mol. The van der Waals surface area contributed by atoms with E-state index >= 15 is 0 Å². The van der Waals surface area contributed by atoms with Crippen molar-refractivity contribution in [1.29, 1.82) is 0 Å². The number of nitrogens with one attached hydrogen (secondary N) is 2. The lowest BCUT2D eigenvalue weighted by molar-refractivity contribution is -0.127. The van der Waals surface area contributed by atoms with Crippen molar-refractivity contribution < 1.29 is 18.8 Å². The summed E-state index contributed by atoms with van der Waals surface area (Å²) in [4.78, 5) is 39.6. The Balaban J connectivity index is 1.43. The SMILES string of the molecule is CSc1nnc(C(=O)[C@H](CC(C)C)NC(=O)[C@@H]2CCCC[C@@H]2NC(=O)c2ccc(-c3ccccc3)cc2)o1. The summed E-state index contributed by atoms with van der Waals surface area (Å²) in [7, 11) is 0. The largest absolute Gasteiger partial charge is 0.408 e. The molecule has 3 aromatic rings. The van der Waals surface area contributed by atoms with Gasteiger partial charge in [-0.3, -0.25) is 14.4 Å². The molecule has 3 atom stereocenters. The van der Waals surface area contributed by atoms with E-state index in [9.17, 15) is 14.4 Å². The van der Waals surface area contributed by atoms with Gasteiger partial charge in [-0.15, -0.1) is 10.2 Å². The van der Waals surface area contributed by atoms with E-state index in [0.29, 0.717) is 30.0 Å². The van der Waals surface area contributed by atoms with Gasteiger partial charge in [-0.2, -0.15) is 0 Å². The van der Waals surface area contributed by atoms with Gasteiger partial charge in [-0.05, 0) is 54.7 Å². The van der Waals surface area contributed by atoms with E-state index in [1.165, 1.54) is 11.8 Å². The number of carbonyl (C=O) groups excluding carboxylic acids is 3. The first kappa shape index (κ1) is 27.6. The van der Waals surface area contributed by atoms with Crippen LogP contribution in [0.15, 0.2) is 64.2 Å². The minimum absolute atomic E-state index is 0.104. The van der Waals surface area contributed by atoms with Gasteiger partial charge in [0.25, 0.3) is 17.0 Å². The monoisotopic (exact) mass is 534 g/mol. The first-order chi connectivity index (χ1) is 18.4. The summed E-state index contributed by atoms with van der Waals surface area (Å²) < 4.78 is 5.43. The molecule has 1 aromatic heterocycles. The minimum Gasteiger partial charge on any atom is -0.408 e. The van der Waals surface area contributed by atoms with Crippen LogP contribution in [0.4, 0.5) is 0 Å². The molecule has 2 amide bonds. The lowest BCUT2D eigenvalue weighted by atomic mass is 9.83. The third-order valence-electron chi connectivity index (χ3n) is 6.81. The van der Waals surface area contributed by atoms with Crippen LogP contribution in [0.5, 0.6) is 0 Å². The summed E-state index contributed by atoms with van der Waals surface area (Å²) in [5.74, 6) is -1.21. The topological polar surface area (TPSA) is 114 Å². The van der Waals surface area contributed by atoms with Crippen molar-refractivity contribution in [3.8, 4) is 11.1 Å². The average Bonchev–Trinajstić information content (AvgIpc) is 3.42. The number of carbonyl (C=O) groups is 3. The third-order valence-corrected chi connectivity index (χ3v) is 7.32. The molecule has 0 saturated heterocycles. The van der Waals surface area contributed by atoms with Crippen LogP contribution in [0.25, 0.3) is 11.1 Å². The van der Waals surface area contributed by atoms with Crippen LogP contribution in [0, 0.1) is 11.8 Å². The van der Waals surface area contributed by atoms with Gasteiger partial charge in [-0.25, -0.2) is 0 Å². The lowest BCUT2D eigenvalue weighted by Gasteiger charge is -2.32. The van der Waals surface area contributed by atoms with Crippen LogP contribution in [0.1, 0.15) is 67.0 Å². The fourth-order valence-electron chi connectivity index (χ4n) is 4.84. The van der Waals surface area contributed by atoms with E-state index in [1.54, 1.807) is 18.4 Å². The van der Waals surface area contributed by atoms with Crippen LogP contribution in [-0.2, 0) is 4.79 Å². The van der Waals surface area contributed by atoms with Crippen LogP contribution in [0.2, 0.25) is 0 Å². The normalized spacial score (nSPS) is 18.1. The number of Topliss-reactive ketones (excluding diaryl/α,β-unsaturated/α-hetero) is 1. The Kier molecular flexibility index (Phi) is 9.33. The molecule has 1 aliphatic carbocycles. The van der Waals surface area contributed by atoms with Gasteiger partial charge < -0.3 is 15.1 Å². The zero-order valence-electron chi connectivity index (χ0n) is 22.0. The van der Waals surface area contributed by atoms with Crippen molar-refractivity contribution >= 4 is 29.4 Å². The predicted octanol–water partition coefficient (Wildman–Crippen LogP) is 5.16. The molecule has 8 nitrogen and oxygen atoms in total.